The van der Waals surface area contributed by atoms with Gasteiger partial charge in [-0.05, 0) is 37.3 Å². The fraction of sp³-hybridized carbons (Fsp3) is 0.200. The SMILES string of the molecule is C[C@H](OC(=O)c1cn(C)c2ccccc12)C(=O)c1ccc(NS(C)(=O)=O)cc1. The first-order chi connectivity index (χ1) is 13.2. The molecule has 1 N–H and O–H groups in total. The number of hydrogen-bond donors (Lipinski definition) is 1. The summed E-state index contributed by atoms with van der Waals surface area (Å²) >= 11 is 0. The van der Waals surface area contributed by atoms with Crippen LogP contribution in [0.3, 0.4) is 0 Å². The lowest BCUT2D eigenvalue weighted by Gasteiger charge is -2.12. The molecular formula is C20H20N2O5S. The van der Waals surface area contributed by atoms with Gasteiger partial charge in [-0.2, -0.15) is 0 Å². The van der Waals surface area contributed by atoms with E-state index in [0.29, 0.717) is 16.8 Å². The van der Waals surface area contributed by atoms with Crippen molar-refractivity contribution in [3.8, 4) is 0 Å². The molecule has 1 aromatic heterocycles. The molecule has 28 heavy (non-hydrogen) atoms. The lowest BCUT2D eigenvalue weighted by atomic mass is 10.1. The van der Waals surface area contributed by atoms with Crippen molar-refractivity contribution in [3.63, 3.8) is 0 Å². The maximum Gasteiger partial charge on any atom is 0.341 e. The number of benzene rings is 2. The van der Waals surface area contributed by atoms with Gasteiger partial charge in [0.15, 0.2) is 6.10 Å². The van der Waals surface area contributed by atoms with E-state index in [2.05, 4.69) is 4.72 Å². The molecule has 0 bridgehead atoms. The minimum atomic E-state index is -3.40. The molecule has 3 rings (SSSR count). The van der Waals surface area contributed by atoms with E-state index in [1.807, 2.05) is 35.9 Å². The summed E-state index contributed by atoms with van der Waals surface area (Å²) in [6.07, 6.45) is 1.73. The number of nitrogens with one attached hydrogen (secondary N) is 1. The van der Waals surface area contributed by atoms with E-state index >= 15 is 0 Å². The van der Waals surface area contributed by atoms with Crippen molar-refractivity contribution in [1.29, 1.82) is 0 Å². The van der Waals surface area contributed by atoms with Gasteiger partial charge in [0, 0.05) is 35.4 Å². The monoisotopic (exact) mass is 400 g/mol. The van der Waals surface area contributed by atoms with Crippen LogP contribution in [0.15, 0.2) is 54.7 Å². The number of sulfonamides is 1. The molecule has 0 unspecified atom stereocenters. The zero-order valence-electron chi connectivity index (χ0n) is 15.7. The van der Waals surface area contributed by atoms with Gasteiger partial charge in [0.25, 0.3) is 0 Å². The Bertz CT molecular complexity index is 1150. The van der Waals surface area contributed by atoms with Crippen LogP contribution in [0.1, 0.15) is 27.6 Å². The van der Waals surface area contributed by atoms with Crippen molar-refractivity contribution in [1.82, 2.24) is 4.57 Å². The van der Waals surface area contributed by atoms with E-state index in [1.54, 1.807) is 6.20 Å². The summed E-state index contributed by atoms with van der Waals surface area (Å²) in [6.45, 7) is 1.51. The largest absolute Gasteiger partial charge is 0.451 e. The van der Waals surface area contributed by atoms with E-state index in [-0.39, 0.29) is 5.78 Å². The second kappa shape index (κ2) is 7.47. The number of rotatable bonds is 6. The van der Waals surface area contributed by atoms with Crippen molar-refractivity contribution >= 4 is 38.4 Å². The third-order valence-electron chi connectivity index (χ3n) is 4.24. The molecule has 8 heteroatoms. The van der Waals surface area contributed by atoms with Gasteiger partial charge in [-0.15, -0.1) is 0 Å². The average molecular weight is 400 g/mol. The second-order valence-corrected chi connectivity index (χ2v) is 8.28. The van der Waals surface area contributed by atoms with E-state index < -0.39 is 22.1 Å². The molecule has 0 fully saturated rings. The van der Waals surface area contributed by atoms with Crippen molar-refractivity contribution in [2.45, 2.75) is 13.0 Å². The van der Waals surface area contributed by atoms with Crippen molar-refractivity contribution in [2.24, 2.45) is 7.05 Å². The summed E-state index contributed by atoms with van der Waals surface area (Å²) in [6, 6.07) is 13.4. The van der Waals surface area contributed by atoms with Gasteiger partial charge >= 0.3 is 5.97 Å². The van der Waals surface area contributed by atoms with E-state index in [4.69, 9.17) is 4.74 Å². The van der Waals surface area contributed by atoms with E-state index in [1.165, 1.54) is 31.2 Å². The number of esters is 1. The molecule has 7 nitrogen and oxygen atoms in total. The topological polar surface area (TPSA) is 94.5 Å². The van der Waals surface area contributed by atoms with Crippen LogP contribution in [0.5, 0.6) is 0 Å². The van der Waals surface area contributed by atoms with Gasteiger partial charge in [-0.1, -0.05) is 18.2 Å². The standard InChI is InChI=1S/C20H20N2O5S/c1-13(19(23)14-8-10-15(11-9-14)21-28(3,25)26)27-20(24)17-12-22(2)18-7-5-4-6-16(17)18/h4-13,21H,1-3H3/t13-/m0/s1. The van der Waals surface area contributed by atoms with Gasteiger partial charge in [-0.25, -0.2) is 13.2 Å². The minimum absolute atomic E-state index is 0.317. The summed E-state index contributed by atoms with van der Waals surface area (Å²) < 4.78 is 32.0. The molecule has 2 aromatic carbocycles. The van der Waals surface area contributed by atoms with Crippen LogP contribution in [0.25, 0.3) is 10.9 Å². The zero-order valence-corrected chi connectivity index (χ0v) is 16.5. The highest BCUT2D eigenvalue weighted by atomic mass is 32.2. The third-order valence-corrected chi connectivity index (χ3v) is 4.85. The molecule has 0 radical (unpaired) electrons. The van der Waals surface area contributed by atoms with Crippen LogP contribution in [0, 0.1) is 0 Å². The normalized spacial score (nSPS) is 12.5. The van der Waals surface area contributed by atoms with E-state index in [0.717, 1.165) is 17.2 Å². The Kier molecular flexibility index (Phi) is 5.24. The Labute approximate surface area is 163 Å². The molecule has 0 aliphatic carbocycles. The summed E-state index contributed by atoms with van der Waals surface area (Å²) in [5.41, 5.74) is 1.95. The number of hydrogen-bond acceptors (Lipinski definition) is 5. The molecule has 0 spiro atoms. The van der Waals surface area contributed by atoms with Crippen molar-refractivity contribution in [3.05, 3.63) is 65.9 Å². The first-order valence-corrected chi connectivity index (χ1v) is 10.4. The minimum Gasteiger partial charge on any atom is -0.451 e. The number of para-hydroxylation sites is 1. The Hall–Kier alpha value is -3.13. The number of ether oxygens (including phenoxy) is 1. The smallest absolute Gasteiger partial charge is 0.341 e. The lowest BCUT2D eigenvalue weighted by molar-refractivity contribution is 0.0320. The summed E-state index contributed by atoms with van der Waals surface area (Å²) in [5, 5.41) is 0.755. The number of anilines is 1. The number of carbonyl (C=O) groups excluding carboxylic acids is 2. The average Bonchev–Trinajstić information content (AvgIpc) is 2.98. The molecule has 0 amide bonds. The van der Waals surface area contributed by atoms with Crippen LogP contribution >= 0.6 is 0 Å². The van der Waals surface area contributed by atoms with Crippen LogP contribution < -0.4 is 4.72 Å². The number of nitrogens with zero attached hydrogens (tertiary/aromatic N) is 1. The predicted molar refractivity (Wildman–Crippen MR) is 107 cm³/mol. The number of carbonyl (C=O) groups is 2. The third kappa shape index (κ3) is 4.23. The molecule has 0 aliphatic heterocycles. The summed E-state index contributed by atoms with van der Waals surface area (Å²) in [7, 11) is -1.56. The first kappa shape index (κ1) is 19.6. The van der Waals surface area contributed by atoms with Crippen molar-refractivity contribution < 1.29 is 22.7 Å². The fourth-order valence-corrected chi connectivity index (χ4v) is 3.50. The van der Waals surface area contributed by atoms with E-state index in [9.17, 15) is 18.0 Å². The highest BCUT2D eigenvalue weighted by molar-refractivity contribution is 7.92. The number of Topliss-reactive ketones (excluding diaryl/α,β-unsaturated/α-hetero) is 1. The quantitative estimate of drug-likeness (QED) is 0.507. The molecule has 0 aliphatic rings. The van der Waals surface area contributed by atoms with Gasteiger partial charge in [0.2, 0.25) is 15.8 Å². The summed E-state index contributed by atoms with van der Waals surface area (Å²) in [5.74, 6) is -0.951. The highest BCUT2D eigenvalue weighted by Gasteiger charge is 2.22. The molecule has 0 saturated heterocycles. The number of ketones is 1. The zero-order chi connectivity index (χ0) is 20.5. The number of aryl methyl sites for hydroxylation is 1. The van der Waals surface area contributed by atoms with Crippen molar-refractivity contribution in [2.75, 3.05) is 11.0 Å². The number of aromatic nitrogens is 1. The molecule has 3 aromatic rings. The van der Waals surface area contributed by atoms with Gasteiger partial charge < -0.3 is 9.30 Å². The van der Waals surface area contributed by atoms with Gasteiger partial charge in [-0.3, -0.25) is 9.52 Å². The molecule has 0 saturated carbocycles. The van der Waals surface area contributed by atoms with Crippen LogP contribution in [0.2, 0.25) is 0 Å². The first-order valence-electron chi connectivity index (χ1n) is 8.53. The Morgan fingerprint density at radius 1 is 1.07 bits per heavy atom. The Balaban J connectivity index is 1.74. The fourth-order valence-electron chi connectivity index (χ4n) is 2.93. The Morgan fingerprint density at radius 3 is 2.36 bits per heavy atom. The number of fused-ring (bicyclic) bond motifs is 1. The van der Waals surface area contributed by atoms with Crippen LogP contribution in [0.4, 0.5) is 5.69 Å². The van der Waals surface area contributed by atoms with Crippen LogP contribution in [-0.4, -0.2) is 37.1 Å². The molecule has 1 atom stereocenters. The highest BCUT2D eigenvalue weighted by Crippen LogP contribution is 2.22. The molecule has 146 valence electrons. The Morgan fingerprint density at radius 2 is 1.71 bits per heavy atom. The molecular weight excluding hydrogens is 380 g/mol. The van der Waals surface area contributed by atoms with Gasteiger partial charge in [0.1, 0.15) is 0 Å². The lowest BCUT2D eigenvalue weighted by Crippen LogP contribution is -2.24. The molecule has 1 heterocycles. The van der Waals surface area contributed by atoms with Crippen LogP contribution in [-0.2, 0) is 21.8 Å². The predicted octanol–water partition coefficient (Wildman–Crippen LogP) is 2.98. The maximum atomic E-state index is 12.6. The maximum absolute atomic E-state index is 12.6. The second-order valence-electron chi connectivity index (χ2n) is 6.53. The van der Waals surface area contributed by atoms with Gasteiger partial charge in [0.05, 0.1) is 11.8 Å². The summed E-state index contributed by atoms with van der Waals surface area (Å²) in [4.78, 5) is 25.1.